The molecule has 0 spiro atoms. The summed E-state index contributed by atoms with van der Waals surface area (Å²) in [4.78, 5) is 11.6. The van der Waals surface area contributed by atoms with Crippen molar-refractivity contribution >= 4 is 5.91 Å². The lowest BCUT2D eigenvalue weighted by Gasteiger charge is -2.28. The molecule has 2 fully saturated rings. The standard InChI is InChI=1S/C11H20N2O3/c1-15-11(2-3-16-8-11)7-13-10(14)4-9-5-12-6-9/h9,12H,2-8H2,1H3,(H,13,14). The van der Waals surface area contributed by atoms with Crippen LogP contribution in [0.1, 0.15) is 12.8 Å². The number of carbonyl (C=O) groups is 1. The van der Waals surface area contributed by atoms with E-state index in [0.717, 1.165) is 26.1 Å². The summed E-state index contributed by atoms with van der Waals surface area (Å²) in [5.41, 5.74) is -0.298. The number of methoxy groups -OCH3 is 1. The highest BCUT2D eigenvalue weighted by molar-refractivity contribution is 5.76. The van der Waals surface area contributed by atoms with Gasteiger partial charge in [0.1, 0.15) is 5.60 Å². The molecule has 1 unspecified atom stereocenters. The molecular formula is C11H20N2O3. The van der Waals surface area contributed by atoms with Crippen LogP contribution in [0.5, 0.6) is 0 Å². The van der Waals surface area contributed by atoms with Crippen molar-refractivity contribution in [1.29, 1.82) is 0 Å². The number of ether oxygens (including phenoxy) is 2. The van der Waals surface area contributed by atoms with Crippen LogP contribution in [0.3, 0.4) is 0 Å². The monoisotopic (exact) mass is 228 g/mol. The zero-order valence-electron chi connectivity index (χ0n) is 9.75. The third-order valence-electron chi connectivity index (χ3n) is 3.45. The molecule has 92 valence electrons. The zero-order chi connectivity index (χ0) is 11.4. The maximum Gasteiger partial charge on any atom is 0.220 e. The largest absolute Gasteiger partial charge is 0.378 e. The molecule has 2 aliphatic heterocycles. The summed E-state index contributed by atoms with van der Waals surface area (Å²) >= 11 is 0. The second-order valence-electron chi connectivity index (χ2n) is 4.69. The minimum atomic E-state index is -0.298. The van der Waals surface area contributed by atoms with Crippen LogP contribution in [0.25, 0.3) is 0 Å². The Hall–Kier alpha value is -0.650. The smallest absolute Gasteiger partial charge is 0.220 e. The quantitative estimate of drug-likeness (QED) is 0.667. The van der Waals surface area contributed by atoms with E-state index in [0.29, 0.717) is 25.5 Å². The molecule has 0 aliphatic carbocycles. The van der Waals surface area contributed by atoms with E-state index in [4.69, 9.17) is 9.47 Å². The highest BCUT2D eigenvalue weighted by atomic mass is 16.5. The molecule has 1 atom stereocenters. The van der Waals surface area contributed by atoms with Crippen LogP contribution in [0.4, 0.5) is 0 Å². The van der Waals surface area contributed by atoms with Crippen LogP contribution in [-0.2, 0) is 14.3 Å². The number of amides is 1. The Morgan fingerprint density at radius 2 is 2.44 bits per heavy atom. The number of carbonyl (C=O) groups excluding carboxylic acids is 1. The number of nitrogens with one attached hydrogen (secondary N) is 2. The summed E-state index contributed by atoms with van der Waals surface area (Å²) in [6.45, 7) is 3.78. The first kappa shape index (κ1) is 11.8. The molecule has 0 aromatic carbocycles. The molecule has 0 saturated carbocycles. The van der Waals surface area contributed by atoms with Gasteiger partial charge in [0.15, 0.2) is 0 Å². The summed E-state index contributed by atoms with van der Waals surface area (Å²) in [5, 5.41) is 6.10. The second kappa shape index (κ2) is 5.12. The molecule has 2 N–H and O–H groups in total. The second-order valence-corrected chi connectivity index (χ2v) is 4.69. The maximum atomic E-state index is 11.6. The highest BCUT2D eigenvalue weighted by Gasteiger charge is 2.35. The summed E-state index contributed by atoms with van der Waals surface area (Å²) in [5.74, 6) is 0.633. The molecule has 2 aliphatic rings. The lowest BCUT2D eigenvalue weighted by atomic mass is 9.98. The topological polar surface area (TPSA) is 59.6 Å². The van der Waals surface area contributed by atoms with Gasteiger partial charge in [-0.3, -0.25) is 4.79 Å². The van der Waals surface area contributed by atoms with Gasteiger partial charge in [0, 0.05) is 33.1 Å². The molecule has 1 amide bonds. The van der Waals surface area contributed by atoms with Crippen molar-refractivity contribution in [2.24, 2.45) is 5.92 Å². The van der Waals surface area contributed by atoms with Crippen LogP contribution in [0.2, 0.25) is 0 Å². The van der Waals surface area contributed by atoms with Crippen LogP contribution < -0.4 is 10.6 Å². The maximum absolute atomic E-state index is 11.6. The Bertz CT molecular complexity index is 248. The summed E-state index contributed by atoms with van der Waals surface area (Å²) in [6.07, 6.45) is 1.47. The molecule has 5 heteroatoms. The Balaban J connectivity index is 1.70. The highest BCUT2D eigenvalue weighted by Crippen LogP contribution is 2.21. The molecule has 0 radical (unpaired) electrons. The van der Waals surface area contributed by atoms with E-state index < -0.39 is 0 Å². The minimum absolute atomic E-state index is 0.120. The van der Waals surface area contributed by atoms with E-state index >= 15 is 0 Å². The van der Waals surface area contributed by atoms with Crippen molar-refractivity contribution in [3.05, 3.63) is 0 Å². The molecule has 2 rings (SSSR count). The van der Waals surface area contributed by atoms with Gasteiger partial charge in [0.25, 0.3) is 0 Å². The Morgan fingerprint density at radius 3 is 2.94 bits per heavy atom. The molecule has 16 heavy (non-hydrogen) atoms. The third-order valence-corrected chi connectivity index (χ3v) is 3.45. The van der Waals surface area contributed by atoms with Crippen molar-refractivity contribution in [2.45, 2.75) is 18.4 Å². The number of rotatable bonds is 5. The van der Waals surface area contributed by atoms with Crippen molar-refractivity contribution in [1.82, 2.24) is 10.6 Å². The van der Waals surface area contributed by atoms with Gasteiger partial charge in [0.2, 0.25) is 5.91 Å². The molecule has 2 heterocycles. The predicted molar refractivity (Wildman–Crippen MR) is 59.2 cm³/mol. The van der Waals surface area contributed by atoms with Gasteiger partial charge in [-0.05, 0) is 19.0 Å². The van der Waals surface area contributed by atoms with Gasteiger partial charge >= 0.3 is 0 Å². The van der Waals surface area contributed by atoms with Crippen molar-refractivity contribution in [2.75, 3.05) is 40.0 Å². The van der Waals surface area contributed by atoms with Crippen molar-refractivity contribution < 1.29 is 14.3 Å². The predicted octanol–water partition coefficient (Wildman–Crippen LogP) is -0.482. The Kier molecular flexibility index (Phi) is 3.78. The van der Waals surface area contributed by atoms with E-state index in [-0.39, 0.29) is 11.5 Å². The van der Waals surface area contributed by atoms with Crippen LogP contribution in [-0.4, -0.2) is 51.5 Å². The van der Waals surface area contributed by atoms with Gasteiger partial charge < -0.3 is 20.1 Å². The first-order valence-corrected chi connectivity index (χ1v) is 5.84. The number of hydrogen-bond acceptors (Lipinski definition) is 4. The lowest BCUT2D eigenvalue weighted by Crippen LogP contribution is -2.48. The van der Waals surface area contributed by atoms with Gasteiger partial charge in [0.05, 0.1) is 6.61 Å². The molecular weight excluding hydrogens is 208 g/mol. The molecule has 0 aromatic heterocycles. The van der Waals surface area contributed by atoms with Gasteiger partial charge in [-0.15, -0.1) is 0 Å². The SMILES string of the molecule is COC1(CNC(=O)CC2CNC2)CCOC1. The minimum Gasteiger partial charge on any atom is -0.378 e. The fourth-order valence-electron chi connectivity index (χ4n) is 2.05. The lowest BCUT2D eigenvalue weighted by molar-refractivity contribution is -0.124. The van der Waals surface area contributed by atoms with E-state index in [2.05, 4.69) is 10.6 Å². The summed E-state index contributed by atoms with van der Waals surface area (Å²) < 4.78 is 10.8. The molecule has 0 aromatic rings. The fraction of sp³-hybridized carbons (Fsp3) is 0.909. The average Bonchev–Trinajstić information content (AvgIpc) is 2.70. The Labute approximate surface area is 95.9 Å². The fourth-order valence-corrected chi connectivity index (χ4v) is 2.05. The first-order chi connectivity index (χ1) is 7.74. The van der Waals surface area contributed by atoms with E-state index in [1.165, 1.54) is 0 Å². The van der Waals surface area contributed by atoms with E-state index in [1.54, 1.807) is 7.11 Å². The summed E-state index contributed by atoms with van der Waals surface area (Å²) in [7, 11) is 1.68. The summed E-state index contributed by atoms with van der Waals surface area (Å²) in [6, 6.07) is 0. The molecule has 0 bridgehead atoms. The van der Waals surface area contributed by atoms with Crippen LogP contribution in [0.15, 0.2) is 0 Å². The normalized spacial score (nSPS) is 30.1. The average molecular weight is 228 g/mol. The van der Waals surface area contributed by atoms with Crippen LogP contribution >= 0.6 is 0 Å². The van der Waals surface area contributed by atoms with Crippen LogP contribution in [0, 0.1) is 5.92 Å². The van der Waals surface area contributed by atoms with Crippen molar-refractivity contribution in [3.8, 4) is 0 Å². The molecule has 2 saturated heterocycles. The number of hydrogen-bond donors (Lipinski definition) is 2. The zero-order valence-corrected chi connectivity index (χ0v) is 9.75. The Morgan fingerprint density at radius 1 is 1.62 bits per heavy atom. The van der Waals surface area contributed by atoms with Crippen molar-refractivity contribution in [3.63, 3.8) is 0 Å². The van der Waals surface area contributed by atoms with Gasteiger partial charge in [-0.1, -0.05) is 0 Å². The van der Waals surface area contributed by atoms with E-state index in [1.807, 2.05) is 0 Å². The van der Waals surface area contributed by atoms with E-state index in [9.17, 15) is 4.79 Å². The first-order valence-electron chi connectivity index (χ1n) is 5.84. The van der Waals surface area contributed by atoms with Gasteiger partial charge in [-0.25, -0.2) is 0 Å². The third kappa shape index (κ3) is 2.72. The van der Waals surface area contributed by atoms with Gasteiger partial charge in [-0.2, -0.15) is 0 Å². The molecule has 5 nitrogen and oxygen atoms in total.